The van der Waals surface area contributed by atoms with Crippen LogP contribution < -0.4 is 0 Å². The van der Waals surface area contributed by atoms with Crippen molar-refractivity contribution >= 4 is 32.3 Å². The maximum Gasteiger partial charge on any atom is 0.0477 e. The Morgan fingerprint density at radius 3 is 1.67 bits per heavy atom. The molecule has 0 aliphatic heterocycles. The van der Waals surface area contributed by atoms with Gasteiger partial charge in [-0.15, -0.1) is 0 Å². The van der Waals surface area contributed by atoms with Crippen LogP contribution in [0.15, 0.2) is 146 Å². The van der Waals surface area contributed by atoms with E-state index in [1.807, 2.05) is 0 Å². The van der Waals surface area contributed by atoms with Crippen LogP contribution in [0, 0.1) is 13.8 Å². The SMILES string of the molecule is Cc1ccc(C)c2c1C(C)(C)CC21c2ccccc2-c2ccc(-c3c4ccccc4c(-c4cccc5ccccc45)c4ccccc34)cc21. The molecule has 0 radical (unpaired) electrons. The molecule has 0 N–H and O–H groups in total. The highest BCUT2D eigenvalue weighted by molar-refractivity contribution is 6.23. The van der Waals surface area contributed by atoms with Gasteiger partial charge in [0, 0.05) is 5.41 Å². The van der Waals surface area contributed by atoms with E-state index in [2.05, 4.69) is 173 Å². The smallest absolute Gasteiger partial charge is 0.0477 e. The van der Waals surface area contributed by atoms with Crippen molar-refractivity contribution in [2.75, 3.05) is 0 Å². The molecule has 0 bridgehead atoms. The summed E-state index contributed by atoms with van der Waals surface area (Å²) >= 11 is 0. The third-order valence-electron chi connectivity index (χ3n) is 11.9. The van der Waals surface area contributed by atoms with Gasteiger partial charge in [0.25, 0.3) is 0 Å². The molecule has 0 fully saturated rings. The van der Waals surface area contributed by atoms with Crippen LogP contribution in [0.3, 0.4) is 0 Å². The topological polar surface area (TPSA) is 0 Å². The Morgan fingerprint density at radius 2 is 0.959 bits per heavy atom. The quantitative estimate of drug-likeness (QED) is 0.168. The zero-order chi connectivity index (χ0) is 33.1. The van der Waals surface area contributed by atoms with E-state index in [9.17, 15) is 0 Å². The molecule has 1 unspecified atom stereocenters. The number of benzene rings is 8. The summed E-state index contributed by atoms with van der Waals surface area (Å²) in [5, 5.41) is 7.75. The molecule has 2 aliphatic carbocycles. The van der Waals surface area contributed by atoms with E-state index in [0.29, 0.717) is 0 Å². The van der Waals surface area contributed by atoms with Crippen molar-refractivity contribution in [3.63, 3.8) is 0 Å². The summed E-state index contributed by atoms with van der Waals surface area (Å²) in [5.74, 6) is 0. The molecule has 1 atom stereocenters. The Hall–Kier alpha value is -5.46. The van der Waals surface area contributed by atoms with Gasteiger partial charge in [-0.3, -0.25) is 0 Å². The second-order valence-electron chi connectivity index (χ2n) is 15.1. The predicted molar refractivity (Wildman–Crippen MR) is 209 cm³/mol. The number of aryl methyl sites for hydroxylation is 2. The zero-order valence-electron chi connectivity index (χ0n) is 28.6. The normalized spacial score (nSPS) is 17.1. The van der Waals surface area contributed by atoms with E-state index in [1.54, 1.807) is 0 Å². The molecule has 0 saturated carbocycles. The largest absolute Gasteiger partial charge is 0.0619 e. The van der Waals surface area contributed by atoms with Gasteiger partial charge in [0.15, 0.2) is 0 Å². The Morgan fingerprint density at radius 1 is 0.429 bits per heavy atom. The van der Waals surface area contributed by atoms with Gasteiger partial charge in [-0.05, 0) is 131 Å². The summed E-state index contributed by atoms with van der Waals surface area (Å²) in [6, 6.07) is 55.0. The van der Waals surface area contributed by atoms with E-state index in [0.717, 1.165) is 6.42 Å². The molecule has 1 spiro atoms. The average Bonchev–Trinajstić information content (AvgIpc) is 3.56. The van der Waals surface area contributed by atoms with Crippen LogP contribution in [0.25, 0.3) is 65.7 Å². The first-order valence-electron chi connectivity index (χ1n) is 17.7. The first-order chi connectivity index (χ1) is 23.9. The van der Waals surface area contributed by atoms with Crippen molar-refractivity contribution in [2.24, 2.45) is 0 Å². The van der Waals surface area contributed by atoms with Crippen LogP contribution in [-0.4, -0.2) is 0 Å². The maximum absolute atomic E-state index is 2.58. The Balaban J connectivity index is 1.31. The Labute approximate surface area is 288 Å². The molecule has 49 heavy (non-hydrogen) atoms. The van der Waals surface area contributed by atoms with Crippen LogP contribution >= 0.6 is 0 Å². The summed E-state index contributed by atoms with van der Waals surface area (Å²) in [6.07, 6.45) is 1.07. The highest BCUT2D eigenvalue weighted by Gasteiger charge is 2.55. The van der Waals surface area contributed by atoms with Gasteiger partial charge >= 0.3 is 0 Å². The standard InChI is InChI=1S/C49H38/c1-30-24-25-31(2)47-46(30)48(3,4)29-49(47)42-23-12-11-17-35(42)36-27-26-33(28-43(36)49)44-38-18-7-9-20-40(38)45(41-21-10-8-19-39(41)44)37-22-13-15-32-14-5-6-16-34(32)37/h5-28H,29H2,1-4H3. The van der Waals surface area contributed by atoms with Crippen molar-refractivity contribution in [3.8, 4) is 33.4 Å². The third-order valence-corrected chi connectivity index (χ3v) is 11.9. The first kappa shape index (κ1) is 28.5. The van der Waals surface area contributed by atoms with E-state index in [4.69, 9.17) is 0 Å². The van der Waals surface area contributed by atoms with Crippen molar-refractivity contribution < 1.29 is 0 Å². The summed E-state index contributed by atoms with van der Waals surface area (Å²) in [6.45, 7) is 9.57. The van der Waals surface area contributed by atoms with E-state index in [1.165, 1.54) is 99.1 Å². The molecular weight excluding hydrogens is 589 g/mol. The molecule has 2 aliphatic rings. The molecule has 8 aromatic rings. The minimum Gasteiger partial charge on any atom is -0.0619 e. The molecule has 10 rings (SSSR count). The van der Waals surface area contributed by atoms with E-state index < -0.39 is 0 Å². The fraction of sp³-hybridized carbons (Fsp3) is 0.143. The Bertz CT molecular complexity index is 2620. The third kappa shape index (κ3) is 3.75. The van der Waals surface area contributed by atoms with E-state index in [-0.39, 0.29) is 10.8 Å². The Kier molecular flexibility index (Phi) is 5.84. The molecule has 0 amide bonds. The molecule has 0 aromatic heterocycles. The summed E-state index contributed by atoms with van der Waals surface area (Å²) in [7, 11) is 0. The van der Waals surface area contributed by atoms with Crippen molar-refractivity contribution in [3.05, 3.63) is 179 Å². The zero-order valence-corrected chi connectivity index (χ0v) is 28.6. The average molecular weight is 627 g/mol. The highest BCUT2D eigenvalue weighted by Crippen LogP contribution is 2.64. The van der Waals surface area contributed by atoms with Crippen molar-refractivity contribution in [1.29, 1.82) is 0 Å². The van der Waals surface area contributed by atoms with Gasteiger partial charge in [-0.1, -0.05) is 153 Å². The monoisotopic (exact) mass is 626 g/mol. The van der Waals surface area contributed by atoms with Gasteiger partial charge in [-0.25, -0.2) is 0 Å². The van der Waals surface area contributed by atoms with Crippen LogP contribution in [0.4, 0.5) is 0 Å². The molecule has 8 aromatic carbocycles. The lowest BCUT2D eigenvalue weighted by molar-refractivity contribution is 0.448. The second kappa shape index (κ2) is 10.0. The van der Waals surface area contributed by atoms with Crippen molar-refractivity contribution in [1.82, 2.24) is 0 Å². The van der Waals surface area contributed by atoms with Crippen molar-refractivity contribution in [2.45, 2.75) is 44.9 Å². The lowest BCUT2D eigenvalue weighted by Crippen LogP contribution is -2.27. The fourth-order valence-corrected chi connectivity index (χ4v) is 10.2. The minimum absolute atomic E-state index is 0.0513. The lowest BCUT2D eigenvalue weighted by atomic mass is 9.70. The molecule has 0 nitrogen and oxygen atoms in total. The second-order valence-corrected chi connectivity index (χ2v) is 15.1. The first-order valence-corrected chi connectivity index (χ1v) is 17.7. The number of hydrogen-bond donors (Lipinski definition) is 0. The van der Waals surface area contributed by atoms with Gasteiger partial charge in [-0.2, -0.15) is 0 Å². The van der Waals surface area contributed by atoms with Gasteiger partial charge in [0.05, 0.1) is 0 Å². The van der Waals surface area contributed by atoms with Crippen LogP contribution in [0.1, 0.15) is 53.6 Å². The molecule has 0 heteroatoms. The molecule has 0 heterocycles. The van der Waals surface area contributed by atoms with Gasteiger partial charge < -0.3 is 0 Å². The number of rotatable bonds is 2. The predicted octanol–water partition coefficient (Wildman–Crippen LogP) is 13.1. The van der Waals surface area contributed by atoms with Gasteiger partial charge in [0.1, 0.15) is 0 Å². The van der Waals surface area contributed by atoms with Gasteiger partial charge in [0.2, 0.25) is 0 Å². The highest BCUT2D eigenvalue weighted by atomic mass is 14.6. The summed E-state index contributed by atoms with van der Waals surface area (Å²) < 4.78 is 0. The number of hydrogen-bond acceptors (Lipinski definition) is 0. The van der Waals surface area contributed by atoms with Crippen LogP contribution in [-0.2, 0) is 10.8 Å². The van der Waals surface area contributed by atoms with Crippen LogP contribution in [0.5, 0.6) is 0 Å². The molecular formula is C49H38. The molecule has 0 saturated heterocycles. The summed E-state index contributed by atoms with van der Waals surface area (Å²) in [4.78, 5) is 0. The maximum atomic E-state index is 2.58. The van der Waals surface area contributed by atoms with Crippen LogP contribution in [0.2, 0.25) is 0 Å². The molecule has 234 valence electrons. The van der Waals surface area contributed by atoms with E-state index >= 15 is 0 Å². The fourth-order valence-electron chi connectivity index (χ4n) is 10.2. The summed E-state index contributed by atoms with van der Waals surface area (Å²) in [5.41, 5.74) is 16.6. The minimum atomic E-state index is -0.189. The lowest BCUT2D eigenvalue weighted by Gasteiger charge is -2.32. The number of fused-ring (bicyclic) bond motifs is 10.